The predicted octanol–water partition coefficient (Wildman–Crippen LogP) is 2.50. The molecule has 1 heterocycles. The van der Waals surface area contributed by atoms with E-state index in [1.165, 1.54) is 58.4 Å². The number of rotatable bonds is 7. The summed E-state index contributed by atoms with van der Waals surface area (Å²) in [6.07, 6.45) is 5.31. The number of nitrogens with one attached hydrogen (secondary N) is 1. The Bertz CT molecular complexity index is 166. The molecule has 0 saturated carbocycles. The summed E-state index contributed by atoms with van der Waals surface area (Å²) >= 11 is 0. The van der Waals surface area contributed by atoms with E-state index in [1.807, 2.05) is 0 Å². The van der Waals surface area contributed by atoms with Gasteiger partial charge in [0.2, 0.25) is 0 Å². The largest absolute Gasteiger partial charge is 0.317 e. The fourth-order valence-electron chi connectivity index (χ4n) is 2.30. The van der Waals surface area contributed by atoms with Crippen LogP contribution < -0.4 is 5.32 Å². The highest BCUT2D eigenvalue weighted by atomic mass is 15.1. The fraction of sp³-hybridized carbons (Fsp3) is 1.00. The van der Waals surface area contributed by atoms with Crippen molar-refractivity contribution in [2.24, 2.45) is 5.41 Å². The second-order valence-electron chi connectivity index (χ2n) is 5.65. The monoisotopic (exact) mass is 212 g/mol. The smallest absolute Gasteiger partial charge is 0.00332 e. The lowest BCUT2D eigenvalue weighted by Crippen LogP contribution is -2.25. The second-order valence-corrected chi connectivity index (χ2v) is 5.65. The van der Waals surface area contributed by atoms with Gasteiger partial charge in [-0.1, -0.05) is 20.8 Å². The van der Waals surface area contributed by atoms with Gasteiger partial charge >= 0.3 is 0 Å². The maximum atomic E-state index is 3.46. The van der Waals surface area contributed by atoms with E-state index in [4.69, 9.17) is 0 Å². The van der Waals surface area contributed by atoms with Gasteiger partial charge in [0.15, 0.2) is 0 Å². The van der Waals surface area contributed by atoms with Gasteiger partial charge in [-0.3, -0.25) is 0 Å². The molecule has 1 saturated heterocycles. The van der Waals surface area contributed by atoms with Crippen LogP contribution in [0.3, 0.4) is 0 Å². The minimum absolute atomic E-state index is 0.570. The molecule has 2 nitrogen and oxygen atoms in total. The van der Waals surface area contributed by atoms with E-state index >= 15 is 0 Å². The quantitative estimate of drug-likeness (QED) is 0.652. The van der Waals surface area contributed by atoms with Gasteiger partial charge in [0, 0.05) is 6.54 Å². The summed E-state index contributed by atoms with van der Waals surface area (Å²) in [6, 6.07) is 0. The first kappa shape index (κ1) is 13.0. The number of hydrogen-bond donors (Lipinski definition) is 1. The Morgan fingerprint density at radius 3 is 2.60 bits per heavy atom. The zero-order valence-corrected chi connectivity index (χ0v) is 10.8. The molecule has 90 valence electrons. The van der Waals surface area contributed by atoms with Crippen molar-refractivity contribution in [2.75, 3.05) is 32.7 Å². The van der Waals surface area contributed by atoms with Crippen molar-refractivity contribution in [1.29, 1.82) is 0 Å². The van der Waals surface area contributed by atoms with E-state index in [1.54, 1.807) is 0 Å². The summed E-state index contributed by atoms with van der Waals surface area (Å²) in [4.78, 5) is 2.62. The van der Waals surface area contributed by atoms with Crippen molar-refractivity contribution < 1.29 is 0 Å². The van der Waals surface area contributed by atoms with E-state index in [-0.39, 0.29) is 0 Å². The molecule has 0 amide bonds. The van der Waals surface area contributed by atoms with Crippen molar-refractivity contribution in [1.82, 2.24) is 10.2 Å². The molecule has 2 heteroatoms. The lowest BCUT2D eigenvalue weighted by Gasteiger charge is -2.19. The van der Waals surface area contributed by atoms with Gasteiger partial charge in [0.05, 0.1) is 0 Å². The van der Waals surface area contributed by atoms with Crippen LogP contribution in [0.25, 0.3) is 0 Å². The third kappa shape index (κ3) is 5.53. The predicted molar refractivity (Wildman–Crippen MR) is 67.2 cm³/mol. The molecule has 0 aromatic carbocycles. The average molecular weight is 212 g/mol. The van der Waals surface area contributed by atoms with E-state index in [0.29, 0.717) is 5.41 Å². The topological polar surface area (TPSA) is 15.3 Å². The van der Waals surface area contributed by atoms with Crippen LogP contribution in [0.15, 0.2) is 0 Å². The Hall–Kier alpha value is -0.0800. The molecule has 1 aliphatic heterocycles. The van der Waals surface area contributed by atoms with Crippen molar-refractivity contribution >= 4 is 0 Å². The van der Waals surface area contributed by atoms with Gasteiger partial charge in [0.1, 0.15) is 0 Å². The molecule has 15 heavy (non-hydrogen) atoms. The summed E-state index contributed by atoms with van der Waals surface area (Å²) in [5, 5.41) is 3.46. The van der Waals surface area contributed by atoms with Crippen molar-refractivity contribution in [3.05, 3.63) is 0 Å². The summed E-state index contributed by atoms with van der Waals surface area (Å²) < 4.78 is 0. The van der Waals surface area contributed by atoms with Crippen molar-refractivity contribution in [3.63, 3.8) is 0 Å². The third-order valence-corrected chi connectivity index (χ3v) is 3.26. The lowest BCUT2D eigenvalue weighted by atomic mass is 9.93. The molecule has 1 fully saturated rings. The zero-order valence-electron chi connectivity index (χ0n) is 10.8. The van der Waals surface area contributed by atoms with Crippen LogP contribution in [-0.4, -0.2) is 37.6 Å². The van der Waals surface area contributed by atoms with Crippen LogP contribution in [0.4, 0.5) is 0 Å². The standard InChI is InChI=1S/C13H28N2/c1-4-8-14-9-5-6-10-15-11-7-13(2,3)12-15/h14H,4-12H2,1-3H3. The van der Waals surface area contributed by atoms with Gasteiger partial charge in [0.25, 0.3) is 0 Å². The normalized spacial score (nSPS) is 21.0. The molecule has 1 rings (SSSR count). The van der Waals surface area contributed by atoms with Crippen molar-refractivity contribution in [2.45, 2.75) is 46.5 Å². The molecule has 1 aliphatic rings. The SMILES string of the molecule is CCCNCCCCN1CCC(C)(C)C1. The molecule has 0 atom stereocenters. The first-order chi connectivity index (χ1) is 7.14. The molecule has 0 bridgehead atoms. The Morgan fingerprint density at radius 1 is 1.20 bits per heavy atom. The summed E-state index contributed by atoms with van der Waals surface area (Å²) in [6.45, 7) is 13.3. The maximum Gasteiger partial charge on any atom is 0.00332 e. The van der Waals surface area contributed by atoms with Crippen LogP contribution >= 0.6 is 0 Å². The highest BCUT2D eigenvalue weighted by molar-refractivity contribution is 4.82. The van der Waals surface area contributed by atoms with Gasteiger partial charge in [-0.2, -0.15) is 0 Å². The van der Waals surface area contributed by atoms with Crippen LogP contribution in [-0.2, 0) is 0 Å². The number of nitrogens with zero attached hydrogens (tertiary/aromatic N) is 1. The Morgan fingerprint density at radius 2 is 2.00 bits per heavy atom. The molecule has 0 unspecified atom stereocenters. The highest BCUT2D eigenvalue weighted by Gasteiger charge is 2.28. The molecule has 0 spiro atoms. The molecule has 0 aromatic rings. The Balaban J connectivity index is 1.93. The molecular formula is C13H28N2. The highest BCUT2D eigenvalue weighted by Crippen LogP contribution is 2.28. The number of unbranched alkanes of at least 4 members (excludes halogenated alkanes) is 1. The fourth-order valence-corrected chi connectivity index (χ4v) is 2.30. The number of likely N-dealkylation sites (tertiary alicyclic amines) is 1. The van der Waals surface area contributed by atoms with Gasteiger partial charge in [-0.25, -0.2) is 0 Å². The summed E-state index contributed by atoms with van der Waals surface area (Å²) in [5.74, 6) is 0. The van der Waals surface area contributed by atoms with E-state index in [0.717, 1.165) is 0 Å². The van der Waals surface area contributed by atoms with Crippen LogP contribution in [0.2, 0.25) is 0 Å². The number of hydrogen-bond acceptors (Lipinski definition) is 2. The van der Waals surface area contributed by atoms with Crippen LogP contribution in [0.1, 0.15) is 46.5 Å². The van der Waals surface area contributed by atoms with Crippen LogP contribution in [0.5, 0.6) is 0 Å². The van der Waals surface area contributed by atoms with Crippen molar-refractivity contribution in [3.8, 4) is 0 Å². The molecule has 0 radical (unpaired) electrons. The Labute approximate surface area is 95.4 Å². The molecule has 0 aliphatic carbocycles. The first-order valence-electron chi connectivity index (χ1n) is 6.57. The van der Waals surface area contributed by atoms with E-state index in [9.17, 15) is 0 Å². The molecular weight excluding hydrogens is 184 g/mol. The van der Waals surface area contributed by atoms with Gasteiger partial charge < -0.3 is 10.2 Å². The Kier molecular flexibility index (Phi) is 5.62. The maximum absolute atomic E-state index is 3.46. The van der Waals surface area contributed by atoms with Crippen LogP contribution in [0, 0.1) is 5.41 Å². The van der Waals surface area contributed by atoms with E-state index in [2.05, 4.69) is 31.0 Å². The van der Waals surface area contributed by atoms with E-state index < -0.39 is 0 Å². The second kappa shape index (κ2) is 6.49. The average Bonchev–Trinajstić information content (AvgIpc) is 2.52. The summed E-state index contributed by atoms with van der Waals surface area (Å²) in [7, 11) is 0. The first-order valence-corrected chi connectivity index (χ1v) is 6.57. The summed E-state index contributed by atoms with van der Waals surface area (Å²) in [5.41, 5.74) is 0.570. The van der Waals surface area contributed by atoms with Gasteiger partial charge in [-0.15, -0.1) is 0 Å². The lowest BCUT2D eigenvalue weighted by molar-refractivity contribution is 0.285. The zero-order chi connectivity index (χ0) is 11.1. The molecule has 1 N–H and O–H groups in total. The molecule has 0 aromatic heterocycles. The minimum Gasteiger partial charge on any atom is -0.317 e. The minimum atomic E-state index is 0.570. The van der Waals surface area contributed by atoms with Gasteiger partial charge in [-0.05, 0) is 57.3 Å². The third-order valence-electron chi connectivity index (χ3n) is 3.26.